The molecule has 1 aliphatic rings. The zero-order valence-electron chi connectivity index (χ0n) is 20.9. The fourth-order valence-corrected chi connectivity index (χ4v) is 4.83. The van der Waals surface area contributed by atoms with Gasteiger partial charge in [0.2, 0.25) is 0 Å². The lowest BCUT2D eigenvalue weighted by atomic mass is 9.86. The summed E-state index contributed by atoms with van der Waals surface area (Å²) in [6.45, 7) is 6.30. The molecule has 1 saturated heterocycles. The van der Waals surface area contributed by atoms with Gasteiger partial charge in [-0.25, -0.2) is 0 Å². The Labute approximate surface area is 210 Å². The van der Waals surface area contributed by atoms with Crippen LogP contribution in [-0.4, -0.2) is 36.2 Å². The summed E-state index contributed by atoms with van der Waals surface area (Å²) >= 11 is 0. The van der Waals surface area contributed by atoms with Crippen LogP contribution in [0.1, 0.15) is 62.1 Å². The Balaban J connectivity index is 1.72. The van der Waals surface area contributed by atoms with E-state index in [9.17, 15) is 5.11 Å². The van der Waals surface area contributed by atoms with E-state index in [1.807, 2.05) is 24.3 Å². The van der Waals surface area contributed by atoms with Gasteiger partial charge in [-0.15, -0.1) is 0 Å². The fourth-order valence-electron chi connectivity index (χ4n) is 4.83. The number of nitrogen functional groups attached to an aromatic ring is 1. The summed E-state index contributed by atoms with van der Waals surface area (Å²) in [7, 11) is 0. The minimum absolute atomic E-state index is 0.270. The minimum atomic E-state index is 0.270. The maximum absolute atomic E-state index is 9.92. The zero-order valence-corrected chi connectivity index (χ0v) is 20.9. The molecule has 0 radical (unpaired) electrons. The lowest BCUT2D eigenvalue weighted by Gasteiger charge is -2.19. The Morgan fingerprint density at radius 1 is 0.886 bits per heavy atom. The van der Waals surface area contributed by atoms with Crippen LogP contribution < -0.4 is 10.5 Å². The molecule has 35 heavy (non-hydrogen) atoms. The number of anilines is 1. The average Bonchev–Trinajstić information content (AvgIpc) is 3.39. The monoisotopic (exact) mass is 470 g/mol. The van der Waals surface area contributed by atoms with E-state index in [1.54, 1.807) is 12.1 Å². The molecule has 0 aliphatic carbocycles. The molecule has 4 heteroatoms. The Morgan fingerprint density at radius 3 is 2.26 bits per heavy atom. The molecular formula is C31H38N2O2. The van der Waals surface area contributed by atoms with Crippen molar-refractivity contribution < 1.29 is 9.84 Å². The minimum Gasteiger partial charge on any atom is -0.508 e. The maximum atomic E-state index is 9.92. The van der Waals surface area contributed by atoms with Crippen LogP contribution in [-0.2, 0) is 0 Å². The van der Waals surface area contributed by atoms with Crippen LogP contribution in [0.3, 0.4) is 0 Å². The molecule has 0 unspecified atom stereocenters. The first-order valence-corrected chi connectivity index (χ1v) is 13.0. The predicted molar refractivity (Wildman–Crippen MR) is 147 cm³/mol. The third-order valence-corrected chi connectivity index (χ3v) is 6.74. The lowest BCUT2D eigenvalue weighted by Crippen LogP contribution is -2.25. The number of phenols is 1. The van der Waals surface area contributed by atoms with Crippen molar-refractivity contribution >= 4 is 16.8 Å². The van der Waals surface area contributed by atoms with E-state index in [4.69, 9.17) is 10.5 Å². The molecule has 0 spiro atoms. The number of benzene rings is 3. The highest BCUT2D eigenvalue weighted by molar-refractivity contribution is 5.99. The van der Waals surface area contributed by atoms with Gasteiger partial charge < -0.3 is 15.6 Å². The van der Waals surface area contributed by atoms with E-state index in [0.717, 1.165) is 42.0 Å². The van der Waals surface area contributed by atoms with Crippen LogP contribution in [0.4, 0.5) is 5.69 Å². The van der Waals surface area contributed by atoms with E-state index in [2.05, 4.69) is 48.2 Å². The molecule has 1 fully saturated rings. The second-order valence-electron chi connectivity index (χ2n) is 9.40. The number of nitrogens with two attached hydrogens (primary N) is 1. The molecule has 0 aromatic heterocycles. The number of unbranched alkanes of at least 4 members (excludes halogenated alkanes) is 2. The van der Waals surface area contributed by atoms with Gasteiger partial charge in [-0.3, -0.25) is 4.90 Å². The van der Waals surface area contributed by atoms with Gasteiger partial charge in [0.25, 0.3) is 0 Å². The van der Waals surface area contributed by atoms with Crippen molar-refractivity contribution in [2.45, 2.75) is 45.4 Å². The summed E-state index contributed by atoms with van der Waals surface area (Å²) in [5.41, 5.74) is 12.6. The predicted octanol–water partition coefficient (Wildman–Crippen LogP) is 6.99. The molecule has 3 aromatic rings. The Kier molecular flexibility index (Phi) is 8.85. The Morgan fingerprint density at radius 2 is 1.57 bits per heavy atom. The Bertz CT molecular complexity index is 1050. The van der Waals surface area contributed by atoms with Crippen LogP contribution >= 0.6 is 0 Å². The summed E-state index contributed by atoms with van der Waals surface area (Å²) in [6, 6.07) is 24.1. The number of rotatable bonds is 11. The molecule has 3 aromatic carbocycles. The Hall–Kier alpha value is -3.24. The number of hydrogen-bond donors (Lipinski definition) is 2. The summed E-state index contributed by atoms with van der Waals surface area (Å²) in [5, 5.41) is 9.92. The van der Waals surface area contributed by atoms with Gasteiger partial charge >= 0.3 is 0 Å². The molecule has 1 aliphatic heterocycles. The number of ether oxygens (including phenoxy) is 1. The largest absolute Gasteiger partial charge is 0.508 e. The number of likely N-dealkylation sites (tertiary alicyclic amines) is 1. The first-order valence-electron chi connectivity index (χ1n) is 13.0. The standard InChI is InChI=1S/C31H38N2O2/c1-2-3-4-10-30(26-8-7-9-29(23-26)35-22-21-33-19-5-6-20-33)31(24-11-15-27(32)16-12-24)25-13-17-28(34)18-14-25/h7-9,11-18,23,34H,2-6,10,19-22,32H2,1H3/b31-30-. The topological polar surface area (TPSA) is 58.7 Å². The van der Waals surface area contributed by atoms with Crippen LogP contribution in [0.2, 0.25) is 0 Å². The maximum Gasteiger partial charge on any atom is 0.119 e. The number of phenolic OH excluding ortho intramolecular Hbond substituents is 1. The number of hydrogen-bond acceptors (Lipinski definition) is 4. The SMILES string of the molecule is CCCCC/C(=C(\c1ccc(N)cc1)c1ccc(O)cc1)c1cccc(OCCN2CCCC2)c1. The third kappa shape index (κ3) is 6.89. The molecule has 4 nitrogen and oxygen atoms in total. The van der Waals surface area contributed by atoms with Crippen molar-refractivity contribution in [3.63, 3.8) is 0 Å². The molecule has 0 bridgehead atoms. The molecule has 4 rings (SSSR count). The quantitative estimate of drug-likeness (QED) is 0.180. The van der Waals surface area contributed by atoms with Crippen molar-refractivity contribution in [2.24, 2.45) is 0 Å². The van der Waals surface area contributed by atoms with E-state index in [1.165, 1.54) is 55.5 Å². The van der Waals surface area contributed by atoms with Gasteiger partial charge in [0.05, 0.1) is 0 Å². The number of nitrogens with zero attached hydrogens (tertiary/aromatic N) is 1. The highest BCUT2D eigenvalue weighted by Gasteiger charge is 2.16. The summed E-state index contributed by atoms with van der Waals surface area (Å²) in [6.07, 6.45) is 7.02. The van der Waals surface area contributed by atoms with Gasteiger partial charge in [-0.05, 0) is 103 Å². The van der Waals surface area contributed by atoms with Crippen LogP contribution in [0, 0.1) is 0 Å². The third-order valence-electron chi connectivity index (χ3n) is 6.74. The van der Waals surface area contributed by atoms with E-state index in [-0.39, 0.29) is 5.75 Å². The normalized spacial score (nSPS) is 14.7. The van der Waals surface area contributed by atoms with Crippen LogP contribution in [0.5, 0.6) is 11.5 Å². The average molecular weight is 471 g/mol. The molecule has 0 atom stereocenters. The van der Waals surface area contributed by atoms with Gasteiger partial charge in [0.1, 0.15) is 18.1 Å². The van der Waals surface area contributed by atoms with E-state index < -0.39 is 0 Å². The molecule has 184 valence electrons. The van der Waals surface area contributed by atoms with Gasteiger partial charge in [0.15, 0.2) is 0 Å². The fraction of sp³-hybridized carbons (Fsp3) is 0.355. The highest BCUT2D eigenvalue weighted by Crippen LogP contribution is 2.37. The van der Waals surface area contributed by atoms with Crippen molar-refractivity contribution in [2.75, 3.05) is 32.0 Å². The first kappa shape index (κ1) is 24.9. The van der Waals surface area contributed by atoms with Crippen LogP contribution in [0.15, 0.2) is 72.8 Å². The van der Waals surface area contributed by atoms with Crippen molar-refractivity contribution in [1.29, 1.82) is 0 Å². The molecule has 1 heterocycles. The summed E-state index contributed by atoms with van der Waals surface area (Å²) < 4.78 is 6.19. The summed E-state index contributed by atoms with van der Waals surface area (Å²) in [5.74, 6) is 1.18. The molecule has 3 N–H and O–H groups in total. The smallest absolute Gasteiger partial charge is 0.119 e. The molecular weight excluding hydrogens is 432 g/mol. The van der Waals surface area contributed by atoms with E-state index >= 15 is 0 Å². The van der Waals surface area contributed by atoms with Crippen molar-refractivity contribution in [3.05, 3.63) is 89.5 Å². The van der Waals surface area contributed by atoms with Crippen molar-refractivity contribution in [3.8, 4) is 11.5 Å². The highest BCUT2D eigenvalue weighted by atomic mass is 16.5. The first-order chi connectivity index (χ1) is 17.1. The number of aromatic hydroxyl groups is 1. The number of allylic oxidation sites excluding steroid dienone is 1. The zero-order chi connectivity index (χ0) is 24.5. The molecule has 0 saturated carbocycles. The lowest BCUT2D eigenvalue weighted by molar-refractivity contribution is 0.238. The van der Waals surface area contributed by atoms with Crippen LogP contribution in [0.25, 0.3) is 11.1 Å². The second-order valence-corrected chi connectivity index (χ2v) is 9.40. The second kappa shape index (κ2) is 12.5. The van der Waals surface area contributed by atoms with Crippen molar-refractivity contribution in [1.82, 2.24) is 4.90 Å². The van der Waals surface area contributed by atoms with Gasteiger partial charge in [-0.1, -0.05) is 56.2 Å². The van der Waals surface area contributed by atoms with E-state index in [0.29, 0.717) is 6.61 Å². The molecule has 0 amide bonds. The van der Waals surface area contributed by atoms with Gasteiger partial charge in [-0.2, -0.15) is 0 Å². The van der Waals surface area contributed by atoms with Gasteiger partial charge in [0, 0.05) is 12.2 Å². The summed E-state index contributed by atoms with van der Waals surface area (Å²) in [4.78, 5) is 2.48.